The zero-order chi connectivity index (χ0) is 23.4. The predicted molar refractivity (Wildman–Crippen MR) is 125 cm³/mol. The molecule has 2 heterocycles. The molecule has 33 heavy (non-hydrogen) atoms. The molecule has 1 saturated heterocycles. The zero-order valence-electron chi connectivity index (χ0n) is 18.3. The Kier molecular flexibility index (Phi) is 7.37. The number of ether oxygens (including phenoxy) is 2. The van der Waals surface area contributed by atoms with Gasteiger partial charge in [0.15, 0.2) is 6.10 Å². The van der Waals surface area contributed by atoms with Crippen LogP contribution in [-0.2, 0) is 11.3 Å². The molecule has 10 heteroatoms. The van der Waals surface area contributed by atoms with Crippen LogP contribution in [0.3, 0.4) is 0 Å². The molecule has 1 fully saturated rings. The Labute approximate surface area is 202 Å². The molecule has 0 bridgehead atoms. The van der Waals surface area contributed by atoms with Gasteiger partial charge < -0.3 is 18.9 Å². The molecule has 0 N–H and O–H groups in total. The standard InChI is InChI=1S/C23H24Cl2N4O4/c1-15(32-20-8-5-17(24)13-19(20)25)23(30)29-11-9-28(10-12-29)14-21-26-22(27-33-21)16-3-6-18(31-2)7-4-16/h3-8,13,15H,9-12,14H2,1-2H3/t15-/m0/s1. The van der Waals surface area contributed by atoms with E-state index < -0.39 is 6.10 Å². The molecule has 4 rings (SSSR count). The molecule has 1 aliphatic rings. The van der Waals surface area contributed by atoms with Crippen LogP contribution < -0.4 is 9.47 Å². The summed E-state index contributed by atoms with van der Waals surface area (Å²) in [7, 11) is 1.62. The van der Waals surface area contributed by atoms with Gasteiger partial charge in [-0.1, -0.05) is 28.4 Å². The lowest BCUT2D eigenvalue weighted by Gasteiger charge is -2.35. The Morgan fingerprint density at radius 1 is 1.12 bits per heavy atom. The number of methoxy groups -OCH3 is 1. The molecule has 1 aromatic heterocycles. The van der Waals surface area contributed by atoms with E-state index in [1.807, 2.05) is 24.3 Å². The molecule has 0 radical (unpaired) electrons. The summed E-state index contributed by atoms with van der Waals surface area (Å²) in [5, 5.41) is 4.96. The second kappa shape index (κ2) is 10.4. The van der Waals surface area contributed by atoms with Crippen LogP contribution in [0, 0.1) is 0 Å². The minimum absolute atomic E-state index is 0.0831. The predicted octanol–water partition coefficient (Wildman–Crippen LogP) is 4.16. The Morgan fingerprint density at radius 3 is 2.52 bits per heavy atom. The minimum atomic E-state index is -0.654. The number of benzene rings is 2. The van der Waals surface area contributed by atoms with Crippen molar-refractivity contribution < 1.29 is 18.8 Å². The van der Waals surface area contributed by atoms with E-state index in [4.69, 9.17) is 37.2 Å². The Morgan fingerprint density at radius 2 is 1.85 bits per heavy atom. The summed E-state index contributed by atoms with van der Waals surface area (Å²) >= 11 is 12.1. The van der Waals surface area contributed by atoms with E-state index in [0.29, 0.717) is 60.2 Å². The van der Waals surface area contributed by atoms with E-state index in [1.165, 1.54) is 0 Å². The second-order valence-corrected chi connectivity index (χ2v) is 8.52. The van der Waals surface area contributed by atoms with Crippen LogP contribution in [0.5, 0.6) is 11.5 Å². The first-order valence-corrected chi connectivity index (χ1v) is 11.3. The lowest BCUT2D eigenvalue weighted by Crippen LogP contribution is -2.51. The number of rotatable bonds is 7. The van der Waals surface area contributed by atoms with Crippen LogP contribution >= 0.6 is 23.2 Å². The first kappa shape index (κ1) is 23.4. The maximum atomic E-state index is 12.8. The van der Waals surface area contributed by atoms with Crippen molar-refractivity contribution in [1.29, 1.82) is 0 Å². The van der Waals surface area contributed by atoms with Crippen molar-refractivity contribution in [3.8, 4) is 22.9 Å². The highest BCUT2D eigenvalue weighted by Crippen LogP contribution is 2.28. The van der Waals surface area contributed by atoms with Crippen molar-refractivity contribution in [3.63, 3.8) is 0 Å². The highest BCUT2D eigenvalue weighted by atomic mass is 35.5. The summed E-state index contributed by atoms with van der Waals surface area (Å²) in [6.45, 7) is 4.80. The average molecular weight is 491 g/mol. The lowest BCUT2D eigenvalue weighted by atomic mass is 10.2. The number of halogens is 2. The molecular formula is C23H24Cl2N4O4. The summed E-state index contributed by atoms with van der Waals surface area (Å²) in [6.07, 6.45) is -0.654. The van der Waals surface area contributed by atoms with E-state index in [1.54, 1.807) is 37.1 Å². The third kappa shape index (κ3) is 5.76. The van der Waals surface area contributed by atoms with Crippen LogP contribution in [0.2, 0.25) is 10.0 Å². The summed E-state index contributed by atoms with van der Waals surface area (Å²) in [6, 6.07) is 12.4. The number of hydrogen-bond donors (Lipinski definition) is 0. The Bertz CT molecular complexity index is 1100. The summed E-state index contributed by atoms with van der Waals surface area (Å²) in [5.41, 5.74) is 0.857. The number of carbonyl (C=O) groups excluding carboxylic acids is 1. The number of piperazine rings is 1. The van der Waals surface area contributed by atoms with E-state index in [9.17, 15) is 4.79 Å². The first-order chi connectivity index (χ1) is 15.9. The highest BCUT2D eigenvalue weighted by molar-refractivity contribution is 6.35. The fourth-order valence-electron chi connectivity index (χ4n) is 3.56. The monoisotopic (exact) mass is 490 g/mol. The van der Waals surface area contributed by atoms with Gasteiger partial charge in [-0.05, 0) is 49.4 Å². The SMILES string of the molecule is COc1ccc(-c2noc(CN3CCN(C(=O)[C@H](C)Oc4ccc(Cl)cc4Cl)CC3)n2)cc1. The molecule has 1 atom stereocenters. The number of carbonyl (C=O) groups is 1. The number of nitrogens with zero attached hydrogens (tertiary/aromatic N) is 4. The molecule has 0 aliphatic carbocycles. The second-order valence-electron chi connectivity index (χ2n) is 7.68. The quantitative estimate of drug-likeness (QED) is 0.491. The van der Waals surface area contributed by atoms with E-state index in [2.05, 4.69) is 15.0 Å². The van der Waals surface area contributed by atoms with E-state index in [0.717, 1.165) is 11.3 Å². The summed E-state index contributed by atoms with van der Waals surface area (Å²) in [5.74, 6) is 2.19. The largest absolute Gasteiger partial charge is 0.497 e. The van der Waals surface area contributed by atoms with Crippen LogP contribution in [0.15, 0.2) is 47.0 Å². The number of hydrogen-bond acceptors (Lipinski definition) is 7. The van der Waals surface area contributed by atoms with Crippen molar-refractivity contribution in [1.82, 2.24) is 19.9 Å². The lowest BCUT2D eigenvalue weighted by molar-refractivity contribution is -0.139. The molecule has 0 unspecified atom stereocenters. The van der Waals surface area contributed by atoms with Crippen LogP contribution in [0.1, 0.15) is 12.8 Å². The van der Waals surface area contributed by atoms with Crippen LogP contribution in [-0.4, -0.2) is 65.2 Å². The topological polar surface area (TPSA) is 80.9 Å². The summed E-state index contributed by atoms with van der Waals surface area (Å²) in [4.78, 5) is 21.3. The summed E-state index contributed by atoms with van der Waals surface area (Å²) < 4.78 is 16.4. The van der Waals surface area contributed by atoms with Gasteiger partial charge in [-0.15, -0.1) is 0 Å². The molecule has 174 valence electrons. The molecule has 8 nitrogen and oxygen atoms in total. The van der Waals surface area contributed by atoms with Crippen LogP contribution in [0.4, 0.5) is 0 Å². The molecule has 3 aromatic rings. The van der Waals surface area contributed by atoms with Crippen molar-refractivity contribution in [2.45, 2.75) is 19.6 Å². The molecule has 0 spiro atoms. The third-order valence-corrected chi connectivity index (χ3v) is 5.94. The van der Waals surface area contributed by atoms with Gasteiger partial charge in [0, 0.05) is 36.8 Å². The van der Waals surface area contributed by atoms with Gasteiger partial charge in [-0.2, -0.15) is 4.98 Å². The van der Waals surface area contributed by atoms with Crippen molar-refractivity contribution in [2.24, 2.45) is 0 Å². The smallest absolute Gasteiger partial charge is 0.263 e. The highest BCUT2D eigenvalue weighted by Gasteiger charge is 2.27. The van der Waals surface area contributed by atoms with Crippen LogP contribution in [0.25, 0.3) is 11.4 Å². The van der Waals surface area contributed by atoms with Crippen molar-refractivity contribution >= 4 is 29.1 Å². The first-order valence-electron chi connectivity index (χ1n) is 10.5. The molecular weight excluding hydrogens is 467 g/mol. The Hall–Kier alpha value is -2.81. The minimum Gasteiger partial charge on any atom is -0.497 e. The number of aromatic nitrogens is 2. The third-order valence-electron chi connectivity index (χ3n) is 5.40. The van der Waals surface area contributed by atoms with Crippen molar-refractivity contribution in [3.05, 3.63) is 58.4 Å². The molecule has 0 saturated carbocycles. The molecule has 2 aromatic carbocycles. The van der Waals surface area contributed by atoms with Gasteiger partial charge in [-0.25, -0.2) is 0 Å². The molecule has 1 aliphatic heterocycles. The van der Waals surface area contributed by atoms with Gasteiger partial charge in [0.25, 0.3) is 5.91 Å². The zero-order valence-corrected chi connectivity index (χ0v) is 19.8. The van der Waals surface area contributed by atoms with Gasteiger partial charge in [0.2, 0.25) is 11.7 Å². The van der Waals surface area contributed by atoms with Crippen molar-refractivity contribution in [2.75, 3.05) is 33.3 Å². The van der Waals surface area contributed by atoms with Gasteiger partial charge in [-0.3, -0.25) is 9.69 Å². The number of amides is 1. The molecule has 1 amide bonds. The fourth-order valence-corrected chi connectivity index (χ4v) is 4.02. The van der Waals surface area contributed by atoms with Gasteiger partial charge in [0.05, 0.1) is 18.7 Å². The van der Waals surface area contributed by atoms with Gasteiger partial charge >= 0.3 is 0 Å². The van der Waals surface area contributed by atoms with E-state index >= 15 is 0 Å². The van der Waals surface area contributed by atoms with E-state index in [-0.39, 0.29) is 5.91 Å². The van der Waals surface area contributed by atoms with Gasteiger partial charge in [0.1, 0.15) is 11.5 Å². The fraction of sp³-hybridized carbons (Fsp3) is 0.348. The maximum absolute atomic E-state index is 12.8. The average Bonchev–Trinajstić information content (AvgIpc) is 3.29. The maximum Gasteiger partial charge on any atom is 0.263 e. The normalized spacial score (nSPS) is 15.3. The Balaban J connectivity index is 1.28.